The fourth-order valence-corrected chi connectivity index (χ4v) is 11.2. The number of allylic oxidation sites excluding steroid dienone is 14. The highest BCUT2D eigenvalue weighted by Gasteiger charge is 2.26. The van der Waals surface area contributed by atoms with Gasteiger partial charge in [0.15, 0.2) is 6.10 Å². The van der Waals surface area contributed by atoms with E-state index in [0.717, 1.165) is 77.0 Å². The molecule has 0 saturated carbocycles. The van der Waals surface area contributed by atoms with Crippen molar-refractivity contribution < 1.29 is 37.6 Å². The van der Waals surface area contributed by atoms with E-state index in [0.29, 0.717) is 6.42 Å². The van der Waals surface area contributed by atoms with Crippen LogP contribution in [0.2, 0.25) is 0 Å². The van der Waals surface area contributed by atoms with Crippen molar-refractivity contribution in [2.75, 3.05) is 26.4 Å². The molecule has 0 rings (SSSR count). The number of esters is 2. The fraction of sp³-hybridized carbons (Fsp3) is 0.787. The van der Waals surface area contributed by atoms with E-state index < -0.39 is 26.5 Å². The highest BCUT2D eigenvalue weighted by Crippen LogP contribution is 2.43. The highest BCUT2D eigenvalue weighted by molar-refractivity contribution is 7.47. The van der Waals surface area contributed by atoms with Crippen LogP contribution in [0.4, 0.5) is 0 Å². The SMILES string of the molecule is CC/C=C\C/C=C\C/C=C\C/C=C\CCCCCCCCCCCCCCC(=O)OC(COC(=O)CCCCCCCCCCCCCCCCCCCCCCCCCC/C=C\C/C=C\C/C=C\CCCCCCC)COP(=O)(O)OCCN. The second kappa shape index (κ2) is 70.3. The molecule has 0 radical (unpaired) electrons. The van der Waals surface area contributed by atoms with Crippen LogP contribution >= 0.6 is 7.82 Å². The number of carbonyl (C=O) groups is 2. The molecule has 494 valence electrons. The molecule has 10 heteroatoms. The molecular formula is C75H136NO8P. The Bertz CT molecular complexity index is 1670. The molecule has 2 atom stereocenters. The molecule has 0 fully saturated rings. The van der Waals surface area contributed by atoms with Crippen molar-refractivity contribution in [3.05, 3.63) is 85.1 Å². The Labute approximate surface area is 525 Å². The summed E-state index contributed by atoms with van der Waals surface area (Å²) >= 11 is 0. The molecule has 0 heterocycles. The Morgan fingerprint density at radius 1 is 0.365 bits per heavy atom. The van der Waals surface area contributed by atoms with Gasteiger partial charge >= 0.3 is 19.8 Å². The van der Waals surface area contributed by atoms with Crippen LogP contribution in [0, 0.1) is 0 Å². The first kappa shape index (κ1) is 82.2. The fourth-order valence-electron chi connectivity index (χ4n) is 10.5. The second-order valence-electron chi connectivity index (χ2n) is 24.1. The summed E-state index contributed by atoms with van der Waals surface area (Å²) in [5.74, 6) is -0.817. The molecular weight excluding hydrogens is 1070 g/mol. The summed E-state index contributed by atoms with van der Waals surface area (Å²) in [6.45, 7) is 3.66. The number of nitrogens with two attached hydrogens (primary N) is 1. The van der Waals surface area contributed by atoms with Crippen LogP contribution < -0.4 is 5.73 Å². The molecule has 0 aliphatic rings. The number of rotatable bonds is 68. The zero-order valence-electron chi connectivity index (χ0n) is 55.6. The molecule has 0 aliphatic carbocycles. The largest absolute Gasteiger partial charge is 0.472 e. The molecule has 85 heavy (non-hydrogen) atoms. The molecule has 2 unspecified atom stereocenters. The summed E-state index contributed by atoms with van der Waals surface area (Å²) in [4.78, 5) is 35.4. The summed E-state index contributed by atoms with van der Waals surface area (Å²) < 4.78 is 33.2. The number of hydrogen-bond donors (Lipinski definition) is 2. The van der Waals surface area contributed by atoms with Gasteiger partial charge in [-0.3, -0.25) is 18.6 Å². The zero-order valence-corrected chi connectivity index (χ0v) is 56.5. The maximum absolute atomic E-state index is 12.8. The van der Waals surface area contributed by atoms with Gasteiger partial charge in [-0.2, -0.15) is 0 Å². The molecule has 0 amide bonds. The highest BCUT2D eigenvalue weighted by atomic mass is 31.2. The summed E-state index contributed by atoms with van der Waals surface area (Å²) in [6, 6.07) is 0. The van der Waals surface area contributed by atoms with Gasteiger partial charge in [0.25, 0.3) is 0 Å². The third-order valence-electron chi connectivity index (χ3n) is 15.8. The van der Waals surface area contributed by atoms with Crippen molar-refractivity contribution in [1.29, 1.82) is 0 Å². The maximum Gasteiger partial charge on any atom is 0.472 e. The minimum Gasteiger partial charge on any atom is -0.462 e. The van der Waals surface area contributed by atoms with Gasteiger partial charge < -0.3 is 20.1 Å². The molecule has 9 nitrogen and oxygen atoms in total. The molecule has 0 aromatic heterocycles. The van der Waals surface area contributed by atoms with Crippen molar-refractivity contribution >= 4 is 19.8 Å². The Hall–Kier alpha value is -2.81. The summed E-state index contributed by atoms with van der Waals surface area (Å²) in [5, 5.41) is 0. The van der Waals surface area contributed by atoms with Crippen molar-refractivity contribution in [1.82, 2.24) is 0 Å². The predicted molar refractivity (Wildman–Crippen MR) is 367 cm³/mol. The van der Waals surface area contributed by atoms with Gasteiger partial charge in [-0.25, -0.2) is 4.57 Å². The monoisotopic (exact) mass is 1210 g/mol. The molecule has 0 bridgehead atoms. The van der Waals surface area contributed by atoms with Gasteiger partial charge in [0.1, 0.15) is 6.61 Å². The Morgan fingerprint density at radius 3 is 0.965 bits per heavy atom. The van der Waals surface area contributed by atoms with Crippen LogP contribution in [0.3, 0.4) is 0 Å². The molecule has 3 N–H and O–H groups in total. The molecule has 0 saturated heterocycles. The van der Waals surface area contributed by atoms with E-state index in [2.05, 4.69) is 98.9 Å². The smallest absolute Gasteiger partial charge is 0.462 e. The first-order valence-corrected chi connectivity index (χ1v) is 37.6. The van der Waals surface area contributed by atoms with Gasteiger partial charge in [0, 0.05) is 19.4 Å². The molecule has 0 aliphatic heterocycles. The first-order valence-electron chi connectivity index (χ1n) is 36.1. The van der Waals surface area contributed by atoms with Gasteiger partial charge in [0.2, 0.25) is 0 Å². The summed E-state index contributed by atoms with van der Waals surface area (Å²) in [6.07, 6.45) is 94.1. The predicted octanol–water partition coefficient (Wildman–Crippen LogP) is 23.8. The number of hydrogen-bond acceptors (Lipinski definition) is 8. The van der Waals surface area contributed by atoms with Crippen LogP contribution in [-0.2, 0) is 32.7 Å². The number of carbonyl (C=O) groups excluding carboxylic acids is 2. The average Bonchev–Trinajstić information content (AvgIpc) is 3.52. The van der Waals surface area contributed by atoms with E-state index in [9.17, 15) is 19.0 Å². The van der Waals surface area contributed by atoms with Gasteiger partial charge in [-0.15, -0.1) is 0 Å². The van der Waals surface area contributed by atoms with E-state index in [1.165, 1.54) is 238 Å². The maximum atomic E-state index is 12.8. The van der Waals surface area contributed by atoms with Crippen LogP contribution in [-0.4, -0.2) is 49.3 Å². The Morgan fingerprint density at radius 2 is 0.647 bits per heavy atom. The van der Waals surface area contributed by atoms with E-state index in [4.69, 9.17) is 24.3 Å². The minimum absolute atomic E-state index is 0.0521. The van der Waals surface area contributed by atoms with Crippen LogP contribution in [0.25, 0.3) is 0 Å². The van der Waals surface area contributed by atoms with Crippen LogP contribution in [0.15, 0.2) is 85.1 Å². The number of phosphoric acid groups is 1. The lowest BCUT2D eigenvalue weighted by Gasteiger charge is -2.19. The van der Waals surface area contributed by atoms with E-state index in [1.807, 2.05) is 0 Å². The minimum atomic E-state index is -4.40. The van der Waals surface area contributed by atoms with Crippen molar-refractivity contribution in [2.45, 2.75) is 354 Å². The van der Waals surface area contributed by atoms with Gasteiger partial charge in [-0.05, 0) is 89.9 Å². The third-order valence-corrected chi connectivity index (χ3v) is 16.7. The molecule has 0 aromatic rings. The van der Waals surface area contributed by atoms with E-state index in [-0.39, 0.29) is 38.6 Å². The van der Waals surface area contributed by atoms with Crippen LogP contribution in [0.5, 0.6) is 0 Å². The lowest BCUT2D eigenvalue weighted by Crippen LogP contribution is -2.29. The normalized spacial score (nSPS) is 13.4. The lowest BCUT2D eigenvalue weighted by molar-refractivity contribution is -0.161. The second-order valence-corrected chi connectivity index (χ2v) is 25.5. The number of unbranched alkanes of at least 4 members (excludes halogenated alkanes) is 41. The van der Waals surface area contributed by atoms with Crippen LogP contribution in [0.1, 0.15) is 348 Å². The quantitative estimate of drug-likeness (QED) is 0.0264. The first-order chi connectivity index (χ1) is 41.8. The third kappa shape index (κ3) is 70.2. The zero-order chi connectivity index (χ0) is 61.6. The van der Waals surface area contributed by atoms with E-state index in [1.54, 1.807) is 0 Å². The standard InChI is InChI=1S/C75H136NO8P/c1-3-5-7-9-11-13-15-17-19-21-23-25-27-29-30-31-32-33-34-35-36-37-38-39-40-41-42-44-45-47-49-51-53-55-57-59-61-63-65-67-74(77)81-71-73(72-83-85(79,80)82-70-69-76)84-75(78)68-66-64-62-60-58-56-54-52-50-48-46-43-28-26-24-22-20-18-16-14-12-10-8-6-4-2/h6,8,12,14-15,17-18,20-21,23-24,26-27,29,73H,3-5,7,9-11,13,16,19,22,25,28,30-72,76H2,1-2H3,(H,79,80)/b8-6-,14-12-,17-15-,20-18-,23-21-,26-24-,29-27-. The lowest BCUT2D eigenvalue weighted by atomic mass is 10.0. The Balaban J connectivity index is 3.80. The van der Waals surface area contributed by atoms with Crippen molar-refractivity contribution in [2.24, 2.45) is 5.73 Å². The number of ether oxygens (including phenoxy) is 2. The van der Waals surface area contributed by atoms with E-state index >= 15 is 0 Å². The molecule has 0 spiro atoms. The van der Waals surface area contributed by atoms with Gasteiger partial charge in [-0.1, -0.05) is 330 Å². The Kier molecular flexibility index (Phi) is 68.0. The average molecular weight is 1210 g/mol. The number of phosphoric ester groups is 1. The van der Waals surface area contributed by atoms with Crippen molar-refractivity contribution in [3.63, 3.8) is 0 Å². The van der Waals surface area contributed by atoms with Crippen molar-refractivity contribution in [3.8, 4) is 0 Å². The summed E-state index contributed by atoms with van der Waals surface area (Å²) in [7, 11) is -4.40. The molecule has 0 aromatic carbocycles. The summed E-state index contributed by atoms with van der Waals surface area (Å²) in [5.41, 5.74) is 5.40. The van der Waals surface area contributed by atoms with Gasteiger partial charge in [0.05, 0.1) is 13.2 Å². The topological polar surface area (TPSA) is 134 Å².